The Morgan fingerprint density at radius 2 is 1.83 bits per heavy atom. The fourth-order valence-electron chi connectivity index (χ4n) is 2.88. The van der Waals surface area contributed by atoms with Crippen molar-refractivity contribution < 1.29 is 18.1 Å². The predicted molar refractivity (Wildman–Crippen MR) is 82.9 cm³/mol. The molecule has 0 radical (unpaired) electrons. The van der Waals surface area contributed by atoms with E-state index in [-0.39, 0.29) is 5.91 Å². The number of hydrogen-bond acceptors (Lipinski definition) is 4. The summed E-state index contributed by atoms with van der Waals surface area (Å²) >= 11 is 0. The second-order valence-electron chi connectivity index (χ2n) is 6.05. The number of carbonyl (C=O) groups excluding carboxylic acids is 1. The molecule has 1 aliphatic heterocycles. The van der Waals surface area contributed by atoms with E-state index in [4.69, 9.17) is 4.52 Å². The lowest BCUT2D eigenvalue weighted by atomic mass is 10.2. The highest BCUT2D eigenvalue weighted by molar-refractivity contribution is 5.76. The summed E-state index contributed by atoms with van der Waals surface area (Å²) in [5, 5.41) is 3.92. The van der Waals surface area contributed by atoms with Gasteiger partial charge in [0.2, 0.25) is 5.91 Å². The minimum atomic E-state index is -0.584. The lowest BCUT2D eigenvalue weighted by Gasteiger charge is -2.21. The molecule has 0 aliphatic carbocycles. The van der Waals surface area contributed by atoms with Crippen LogP contribution in [0.2, 0.25) is 0 Å². The van der Waals surface area contributed by atoms with Gasteiger partial charge in [-0.2, -0.15) is 0 Å². The quantitative estimate of drug-likeness (QED) is 0.861. The maximum absolute atomic E-state index is 13.3. The fourth-order valence-corrected chi connectivity index (χ4v) is 2.88. The first kappa shape index (κ1) is 16.6. The first-order chi connectivity index (χ1) is 11.5. The molecule has 3 rings (SSSR count). The summed E-state index contributed by atoms with van der Waals surface area (Å²) in [6, 6.07) is 5.32. The van der Waals surface area contributed by atoms with Crippen LogP contribution < -0.4 is 0 Å². The Balaban J connectivity index is 1.62. The van der Waals surface area contributed by atoms with Gasteiger partial charge in [0.05, 0.1) is 6.54 Å². The molecule has 0 N–H and O–H groups in total. The first-order valence-corrected chi connectivity index (χ1v) is 7.87. The van der Waals surface area contributed by atoms with Crippen molar-refractivity contribution in [2.45, 2.75) is 26.4 Å². The van der Waals surface area contributed by atoms with E-state index in [0.29, 0.717) is 50.5 Å². The molecule has 1 saturated heterocycles. The molecule has 0 saturated carbocycles. The van der Waals surface area contributed by atoms with E-state index in [1.807, 2.05) is 11.0 Å². The van der Waals surface area contributed by atoms with Gasteiger partial charge in [0.1, 0.15) is 23.1 Å². The lowest BCUT2D eigenvalue weighted by molar-refractivity contribution is -0.131. The van der Waals surface area contributed by atoms with Gasteiger partial charge in [-0.25, -0.2) is 8.78 Å². The predicted octanol–water partition coefficient (Wildman–Crippen LogP) is 2.50. The average molecular weight is 335 g/mol. The number of hydrogen-bond donors (Lipinski definition) is 0. The first-order valence-electron chi connectivity index (χ1n) is 7.87. The smallest absolute Gasteiger partial charge is 0.224 e. The van der Waals surface area contributed by atoms with E-state index >= 15 is 0 Å². The van der Waals surface area contributed by atoms with Crippen LogP contribution in [0.4, 0.5) is 8.78 Å². The molecule has 0 atom stereocenters. The molecular weight excluding hydrogens is 316 g/mol. The molecule has 0 unspecified atom stereocenters. The van der Waals surface area contributed by atoms with Gasteiger partial charge < -0.3 is 9.42 Å². The van der Waals surface area contributed by atoms with Crippen molar-refractivity contribution in [1.82, 2.24) is 15.0 Å². The normalized spacial score (nSPS) is 16.5. The zero-order chi connectivity index (χ0) is 17.1. The molecule has 2 aromatic rings. The van der Waals surface area contributed by atoms with Crippen molar-refractivity contribution in [3.8, 4) is 0 Å². The molecule has 2 heterocycles. The highest BCUT2D eigenvalue weighted by Gasteiger charge is 2.22. The number of nitrogens with zero attached hydrogens (tertiary/aromatic N) is 3. The van der Waals surface area contributed by atoms with Gasteiger partial charge in [-0.3, -0.25) is 9.69 Å². The number of rotatable bonds is 4. The molecular formula is C17H19F2N3O2. The van der Waals surface area contributed by atoms with Crippen LogP contribution >= 0.6 is 0 Å². The Morgan fingerprint density at radius 3 is 2.50 bits per heavy atom. The average Bonchev–Trinajstić information content (AvgIpc) is 2.84. The number of aryl methyl sites for hydroxylation is 1. The molecule has 0 spiro atoms. The summed E-state index contributed by atoms with van der Waals surface area (Å²) in [6.45, 7) is 4.38. The summed E-state index contributed by atoms with van der Waals surface area (Å²) in [5.41, 5.74) is 1.29. The Hall–Kier alpha value is -2.28. The molecule has 1 aliphatic rings. The second-order valence-corrected chi connectivity index (χ2v) is 6.05. The number of benzene rings is 1. The Bertz CT molecular complexity index is 712. The highest BCUT2D eigenvalue weighted by Crippen LogP contribution is 2.14. The minimum absolute atomic E-state index is 0.0450. The molecule has 24 heavy (non-hydrogen) atoms. The molecule has 7 heteroatoms. The van der Waals surface area contributed by atoms with E-state index in [1.165, 1.54) is 12.1 Å². The van der Waals surface area contributed by atoms with Gasteiger partial charge in [0.15, 0.2) is 0 Å². The zero-order valence-electron chi connectivity index (χ0n) is 13.5. The van der Waals surface area contributed by atoms with Gasteiger partial charge in [-0.05, 0) is 24.6 Å². The number of carbonyl (C=O) groups is 1. The van der Waals surface area contributed by atoms with Crippen molar-refractivity contribution >= 4 is 5.91 Å². The van der Waals surface area contributed by atoms with Gasteiger partial charge in [0.25, 0.3) is 0 Å². The van der Waals surface area contributed by atoms with Crippen molar-refractivity contribution in [3.63, 3.8) is 0 Å². The topological polar surface area (TPSA) is 49.6 Å². The molecule has 1 aromatic carbocycles. The van der Waals surface area contributed by atoms with Crippen molar-refractivity contribution in [3.05, 3.63) is 52.9 Å². The van der Waals surface area contributed by atoms with E-state index in [0.717, 1.165) is 11.8 Å². The summed E-state index contributed by atoms with van der Waals surface area (Å²) in [5.74, 6) is -0.413. The van der Waals surface area contributed by atoms with Crippen molar-refractivity contribution in [2.75, 3.05) is 19.6 Å². The van der Waals surface area contributed by atoms with Gasteiger partial charge in [-0.1, -0.05) is 5.16 Å². The van der Waals surface area contributed by atoms with E-state index < -0.39 is 11.6 Å². The Labute approximate surface area is 138 Å². The number of aromatic nitrogens is 1. The largest absolute Gasteiger partial charge is 0.361 e. The Kier molecular flexibility index (Phi) is 4.89. The molecule has 1 amide bonds. The van der Waals surface area contributed by atoms with Crippen LogP contribution in [0, 0.1) is 18.6 Å². The number of halogens is 2. The van der Waals surface area contributed by atoms with Crippen LogP contribution in [0.1, 0.15) is 23.4 Å². The van der Waals surface area contributed by atoms with Crippen LogP contribution in [0.25, 0.3) is 0 Å². The molecule has 128 valence electrons. The molecule has 1 aromatic heterocycles. The molecule has 1 fully saturated rings. The standard InChI is InChI=1S/C17H19F2N3O2/c1-12-6-16(20-24-12)11-22-5-4-21(3-2-17(22)23)10-13-7-14(18)9-15(19)8-13/h6-9H,2-5,10-11H2,1H3. The van der Waals surface area contributed by atoms with Crippen molar-refractivity contribution in [1.29, 1.82) is 0 Å². The third-order valence-corrected chi connectivity index (χ3v) is 4.04. The second kappa shape index (κ2) is 7.09. The molecule has 0 bridgehead atoms. The third-order valence-electron chi connectivity index (χ3n) is 4.04. The lowest BCUT2D eigenvalue weighted by Crippen LogP contribution is -2.32. The maximum atomic E-state index is 13.3. The maximum Gasteiger partial charge on any atom is 0.224 e. The Morgan fingerprint density at radius 1 is 1.08 bits per heavy atom. The summed E-state index contributed by atoms with van der Waals surface area (Å²) in [4.78, 5) is 16.0. The summed E-state index contributed by atoms with van der Waals surface area (Å²) < 4.78 is 31.6. The van der Waals surface area contributed by atoms with E-state index in [2.05, 4.69) is 5.16 Å². The zero-order valence-corrected chi connectivity index (χ0v) is 13.5. The van der Waals surface area contributed by atoms with Crippen molar-refractivity contribution in [2.24, 2.45) is 0 Å². The summed E-state index contributed by atoms with van der Waals surface area (Å²) in [7, 11) is 0. The SMILES string of the molecule is Cc1cc(CN2CCN(Cc3cc(F)cc(F)c3)CCC2=O)no1. The minimum Gasteiger partial charge on any atom is -0.361 e. The van der Waals surface area contributed by atoms with E-state index in [1.54, 1.807) is 11.8 Å². The summed E-state index contributed by atoms with van der Waals surface area (Å²) in [6.07, 6.45) is 0.370. The van der Waals surface area contributed by atoms with Crippen LogP contribution in [0.3, 0.4) is 0 Å². The third kappa shape index (κ3) is 4.17. The van der Waals surface area contributed by atoms with Crippen LogP contribution in [0.15, 0.2) is 28.8 Å². The van der Waals surface area contributed by atoms with Gasteiger partial charge >= 0.3 is 0 Å². The monoisotopic (exact) mass is 335 g/mol. The van der Waals surface area contributed by atoms with Crippen LogP contribution in [-0.4, -0.2) is 40.5 Å². The molecule has 5 nitrogen and oxygen atoms in total. The highest BCUT2D eigenvalue weighted by atomic mass is 19.1. The van der Waals surface area contributed by atoms with Crippen LogP contribution in [0.5, 0.6) is 0 Å². The van der Waals surface area contributed by atoms with Crippen LogP contribution in [-0.2, 0) is 17.9 Å². The fraction of sp³-hybridized carbons (Fsp3) is 0.412. The van der Waals surface area contributed by atoms with Gasteiger partial charge in [-0.15, -0.1) is 0 Å². The number of amides is 1. The van der Waals surface area contributed by atoms with E-state index in [9.17, 15) is 13.6 Å². The van der Waals surface area contributed by atoms with Gasteiger partial charge in [0, 0.05) is 44.7 Å².